The van der Waals surface area contributed by atoms with Crippen LogP contribution >= 0.6 is 11.3 Å². The molecule has 4 aromatic rings. The Morgan fingerprint density at radius 1 is 1.17 bits per heavy atom. The minimum atomic E-state index is -0.853. The molecule has 10 nitrogen and oxygen atoms in total. The van der Waals surface area contributed by atoms with Crippen molar-refractivity contribution in [3.8, 4) is 16.5 Å². The van der Waals surface area contributed by atoms with Gasteiger partial charge in [-0.3, -0.25) is 14.9 Å². The van der Waals surface area contributed by atoms with Crippen molar-refractivity contribution in [1.82, 2.24) is 24.8 Å². The molecule has 3 N–H and O–H groups in total. The third-order valence-electron chi connectivity index (χ3n) is 7.73. The van der Waals surface area contributed by atoms with Gasteiger partial charge in [-0.05, 0) is 73.6 Å². The van der Waals surface area contributed by atoms with Crippen LogP contribution in [-0.4, -0.2) is 61.1 Å². The van der Waals surface area contributed by atoms with Crippen LogP contribution in [-0.2, 0) is 17.9 Å². The summed E-state index contributed by atoms with van der Waals surface area (Å²) in [7, 11) is 0. The third-order valence-corrected chi connectivity index (χ3v) is 8.86. The van der Waals surface area contributed by atoms with Gasteiger partial charge >= 0.3 is 0 Å². The highest BCUT2D eigenvalue weighted by Crippen LogP contribution is 2.31. The molecule has 0 aliphatic carbocycles. The van der Waals surface area contributed by atoms with E-state index in [9.17, 15) is 24.3 Å². The molecule has 12 heteroatoms. The third kappa shape index (κ3) is 8.48. The standard InChI is InChI=1S/C35H40FN7O3S/c1-34(2,3)17-24(18-37)32(45)42-14-6-7-25(42)20-43-27-9-8-22(19-38-21-35(4,5)46)15-26(27)40-33(43)41-31(44)29-11-10-28(47-29)23-12-13-39-30(36)16-23/h8-13,15-17,25,38,46H,6-7,14,19-21H2,1-5H3,(H,40,41,44)/b24-17+/t25-/m1/s1. The second-order valence-electron chi connectivity index (χ2n) is 13.6. The van der Waals surface area contributed by atoms with E-state index < -0.39 is 11.5 Å². The van der Waals surface area contributed by atoms with E-state index in [0.29, 0.717) is 48.1 Å². The molecule has 0 radical (unpaired) electrons. The van der Waals surface area contributed by atoms with Gasteiger partial charge in [-0.15, -0.1) is 11.3 Å². The number of thiophene rings is 1. The minimum absolute atomic E-state index is 0.124. The number of imidazole rings is 1. The van der Waals surface area contributed by atoms with Crippen LogP contribution in [0.5, 0.6) is 0 Å². The Morgan fingerprint density at radius 2 is 1.96 bits per heavy atom. The number of aromatic nitrogens is 3. The van der Waals surface area contributed by atoms with Gasteiger partial charge in [-0.25, -0.2) is 9.97 Å². The van der Waals surface area contributed by atoms with Crippen LogP contribution in [0.25, 0.3) is 21.5 Å². The first-order valence-corrected chi connectivity index (χ1v) is 16.4. The highest BCUT2D eigenvalue weighted by molar-refractivity contribution is 7.17. The lowest BCUT2D eigenvalue weighted by Gasteiger charge is -2.26. The summed E-state index contributed by atoms with van der Waals surface area (Å²) in [5, 5.41) is 26.1. The SMILES string of the molecule is CC(C)(C)/C=C(\C#N)C(=O)N1CCC[C@@H]1Cn1c(NC(=O)c2ccc(-c3ccnc(F)c3)s2)nc2cc(CNCC(C)(C)O)ccc21. The summed E-state index contributed by atoms with van der Waals surface area (Å²) < 4.78 is 15.6. The number of rotatable bonds is 10. The van der Waals surface area contributed by atoms with E-state index in [1.807, 2.05) is 43.5 Å². The number of pyridine rings is 1. The molecule has 0 unspecified atom stereocenters. The van der Waals surface area contributed by atoms with E-state index in [-0.39, 0.29) is 28.8 Å². The van der Waals surface area contributed by atoms with Crippen LogP contribution in [0.2, 0.25) is 0 Å². The summed E-state index contributed by atoms with van der Waals surface area (Å²) in [5.41, 5.74) is 1.98. The van der Waals surface area contributed by atoms with Crippen LogP contribution < -0.4 is 10.6 Å². The number of anilines is 1. The molecule has 3 aromatic heterocycles. The number of benzene rings is 1. The van der Waals surface area contributed by atoms with Gasteiger partial charge in [0.05, 0.1) is 27.6 Å². The Kier molecular flexibility index (Phi) is 9.91. The quantitative estimate of drug-likeness (QED) is 0.110. The van der Waals surface area contributed by atoms with E-state index in [2.05, 4.69) is 21.7 Å². The van der Waals surface area contributed by atoms with Crippen LogP contribution in [0.4, 0.5) is 10.3 Å². The number of nitrogens with one attached hydrogen (secondary N) is 2. The molecular formula is C35H40FN7O3S. The predicted octanol–water partition coefficient (Wildman–Crippen LogP) is 5.90. The molecule has 5 rings (SSSR count). The maximum atomic E-state index is 13.7. The first kappa shape index (κ1) is 33.9. The summed E-state index contributed by atoms with van der Waals surface area (Å²) in [5.74, 6) is -0.917. The number of allylic oxidation sites excluding steroid dienone is 1. The number of halogens is 1. The summed E-state index contributed by atoms with van der Waals surface area (Å²) in [6.07, 6.45) is 4.63. The molecule has 47 heavy (non-hydrogen) atoms. The van der Waals surface area contributed by atoms with Gasteiger partial charge in [0, 0.05) is 43.3 Å². The van der Waals surface area contributed by atoms with Crippen LogP contribution in [0.15, 0.2) is 60.3 Å². The van der Waals surface area contributed by atoms with E-state index in [1.54, 1.807) is 43.0 Å². The Labute approximate surface area is 277 Å². The molecule has 246 valence electrons. The maximum Gasteiger partial charge on any atom is 0.268 e. The summed E-state index contributed by atoms with van der Waals surface area (Å²) in [6.45, 7) is 11.2. The lowest BCUT2D eigenvalue weighted by atomic mass is 9.93. The lowest BCUT2D eigenvalue weighted by Crippen LogP contribution is -2.39. The smallest absolute Gasteiger partial charge is 0.268 e. The molecule has 1 aliphatic heterocycles. The fraction of sp³-hybridized carbons (Fsp3) is 0.400. The van der Waals surface area contributed by atoms with Crippen LogP contribution in [0.1, 0.15) is 62.7 Å². The zero-order valence-corrected chi connectivity index (χ0v) is 28.1. The number of likely N-dealkylation sites (tertiary alicyclic amines) is 1. The molecule has 2 amide bonds. The fourth-order valence-corrected chi connectivity index (χ4v) is 6.54. The molecule has 4 heterocycles. The van der Waals surface area contributed by atoms with E-state index >= 15 is 0 Å². The van der Waals surface area contributed by atoms with Crippen molar-refractivity contribution in [2.75, 3.05) is 18.4 Å². The van der Waals surface area contributed by atoms with Gasteiger partial charge in [0.25, 0.3) is 11.8 Å². The number of hydrogen-bond acceptors (Lipinski definition) is 8. The van der Waals surface area contributed by atoms with Gasteiger partial charge in [-0.2, -0.15) is 9.65 Å². The predicted molar refractivity (Wildman–Crippen MR) is 181 cm³/mol. The Hall–Kier alpha value is -4.44. The second kappa shape index (κ2) is 13.7. The topological polar surface area (TPSA) is 136 Å². The van der Waals surface area contributed by atoms with E-state index in [1.165, 1.54) is 23.6 Å². The molecule has 1 saturated heterocycles. The van der Waals surface area contributed by atoms with Crippen molar-refractivity contribution >= 4 is 40.1 Å². The van der Waals surface area contributed by atoms with Crippen LogP contribution in [0, 0.1) is 22.7 Å². The Morgan fingerprint density at radius 3 is 2.66 bits per heavy atom. The fourth-order valence-electron chi connectivity index (χ4n) is 5.65. The molecule has 1 fully saturated rings. The number of nitriles is 1. The number of hydrogen-bond donors (Lipinski definition) is 3. The van der Waals surface area contributed by atoms with Crippen molar-refractivity contribution in [3.05, 3.63) is 76.7 Å². The monoisotopic (exact) mass is 657 g/mol. The molecule has 0 spiro atoms. The number of carbonyl (C=O) groups is 2. The van der Waals surface area contributed by atoms with Crippen molar-refractivity contribution < 1.29 is 19.1 Å². The average molecular weight is 658 g/mol. The molecule has 0 saturated carbocycles. The second-order valence-corrected chi connectivity index (χ2v) is 14.7. The largest absolute Gasteiger partial charge is 0.389 e. The lowest BCUT2D eigenvalue weighted by molar-refractivity contribution is -0.127. The highest BCUT2D eigenvalue weighted by atomic mass is 32.1. The maximum absolute atomic E-state index is 13.7. The highest BCUT2D eigenvalue weighted by Gasteiger charge is 2.33. The van der Waals surface area contributed by atoms with Crippen molar-refractivity contribution in [3.63, 3.8) is 0 Å². The van der Waals surface area contributed by atoms with Gasteiger partial charge < -0.3 is 19.9 Å². The number of nitrogens with zero attached hydrogens (tertiary/aromatic N) is 5. The molecule has 1 aliphatic rings. The Bertz CT molecular complexity index is 1860. The van der Waals surface area contributed by atoms with Crippen LogP contribution in [0.3, 0.4) is 0 Å². The van der Waals surface area contributed by atoms with Gasteiger partial charge in [0.1, 0.15) is 11.6 Å². The molecular weight excluding hydrogens is 617 g/mol. The normalized spacial score (nSPS) is 15.7. The number of aliphatic hydroxyl groups is 1. The number of amides is 2. The molecule has 1 atom stereocenters. The summed E-state index contributed by atoms with van der Waals surface area (Å²) in [6, 6.07) is 14.2. The zero-order valence-electron chi connectivity index (χ0n) is 27.3. The van der Waals surface area contributed by atoms with Crippen molar-refractivity contribution in [1.29, 1.82) is 5.26 Å². The van der Waals surface area contributed by atoms with E-state index in [4.69, 9.17) is 4.98 Å². The van der Waals surface area contributed by atoms with Crippen molar-refractivity contribution in [2.24, 2.45) is 5.41 Å². The van der Waals surface area contributed by atoms with Gasteiger partial charge in [0.2, 0.25) is 11.9 Å². The minimum Gasteiger partial charge on any atom is -0.389 e. The van der Waals surface area contributed by atoms with Gasteiger partial charge in [0.15, 0.2) is 0 Å². The number of fused-ring (bicyclic) bond motifs is 1. The zero-order chi connectivity index (χ0) is 33.9. The first-order valence-electron chi connectivity index (χ1n) is 15.6. The van der Waals surface area contributed by atoms with E-state index in [0.717, 1.165) is 28.8 Å². The average Bonchev–Trinajstić information content (AvgIpc) is 3.74. The first-order chi connectivity index (χ1) is 22.2. The summed E-state index contributed by atoms with van der Waals surface area (Å²) in [4.78, 5) is 38.4. The van der Waals surface area contributed by atoms with Crippen molar-refractivity contribution in [2.45, 2.75) is 72.2 Å². The number of carbonyl (C=O) groups excluding carboxylic acids is 2. The molecule has 1 aromatic carbocycles. The summed E-state index contributed by atoms with van der Waals surface area (Å²) >= 11 is 1.23. The Balaban J connectivity index is 1.45. The molecule has 0 bridgehead atoms. The van der Waals surface area contributed by atoms with Gasteiger partial charge in [-0.1, -0.05) is 32.9 Å².